The third-order valence-corrected chi connectivity index (χ3v) is 6.59. The molecule has 1 saturated carbocycles. The third-order valence-electron chi connectivity index (χ3n) is 6.59. The van der Waals surface area contributed by atoms with Gasteiger partial charge < -0.3 is 14.2 Å². The minimum atomic E-state index is 0.0614. The van der Waals surface area contributed by atoms with E-state index in [9.17, 15) is 9.59 Å². The number of benzene rings is 2. The van der Waals surface area contributed by atoms with E-state index in [2.05, 4.69) is 6.07 Å². The van der Waals surface area contributed by atoms with Gasteiger partial charge in [0.1, 0.15) is 5.58 Å². The molecule has 5 rings (SSSR count). The van der Waals surface area contributed by atoms with E-state index in [-0.39, 0.29) is 11.8 Å². The van der Waals surface area contributed by atoms with Crippen LogP contribution in [0.1, 0.15) is 36.5 Å². The summed E-state index contributed by atoms with van der Waals surface area (Å²) in [5, 5.41) is 1.07. The SMILES string of the molecule is CCN(CC1CCN(C(=O)C2CC2)C1)C(=O)c1ccc(-c2ccc3occc3c2)cc1. The fourth-order valence-corrected chi connectivity index (χ4v) is 4.57. The van der Waals surface area contributed by atoms with Gasteiger partial charge in [-0.3, -0.25) is 9.59 Å². The van der Waals surface area contributed by atoms with E-state index in [0.29, 0.717) is 30.5 Å². The molecule has 1 atom stereocenters. The summed E-state index contributed by atoms with van der Waals surface area (Å²) in [7, 11) is 0. The largest absolute Gasteiger partial charge is 0.464 e. The van der Waals surface area contributed by atoms with Gasteiger partial charge in [0.2, 0.25) is 5.91 Å². The molecule has 3 aromatic rings. The first-order chi connectivity index (χ1) is 15.1. The number of likely N-dealkylation sites (tertiary alicyclic amines) is 1. The Labute approximate surface area is 182 Å². The topological polar surface area (TPSA) is 53.8 Å². The van der Waals surface area contributed by atoms with Crippen molar-refractivity contribution in [3.05, 3.63) is 60.4 Å². The summed E-state index contributed by atoms with van der Waals surface area (Å²) in [5.41, 5.74) is 3.76. The smallest absolute Gasteiger partial charge is 0.253 e. The van der Waals surface area contributed by atoms with Crippen molar-refractivity contribution in [3.8, 4) is 11.1 Å². The molecule has 160 valence electrons. The number of carbonyl (C=O) groups is 2. The van der Waals surface area contributed by atoms with Crippen LogP contribution in [0.5, 0.6) is 0 Å². The van der Waals surface area contributed by atoms with E-state index in [1.807, 2.05) is 59.2 Å². The van der Waals surface area contributed by atoms with Crippen LogP contribution in [0.25, 0.3) is 22.1 Å². The van der Waals surface area contributed by atoms with Gasteiger partial charge in [0.05, 0.1) is 6.26 Å². The molecule has 0 spiro atoms. The van der Waals surface area contributed by atoms with E-state index < -0.39 is 0 Å². The number of amides is 2. The second-order valence-corrected chi connectivity index (χ2v) is 8.81. The second-order valence-electron chi connectivity index (χ2n) is 8.81. The van der Waals surface area contributed by atoms with Crippen LogP contribution >= 0.6 is 0 Å². The van der Waals surface area contributed by atoms with Gasteiger partial charge in [-0.2, -0.15) is 0 Å². The zero-order valence-corrected chi connectivity index (χ0v) is 17.9. The molecule has 5 heteroatoms. The Morgan fingerprint density at radius 1 is 1.03 bits per heavy atom. The zero-order valence-electron chi connectivity index (χ0n) is 17.9. The van der Waals surface area contributed by atoms with Gasteiger partial charge in [0.25, 0.3) is 5.91 Å². The van der Waals surface area contributed by atoms with Crippen molar-refractivity contribution >= 4 is 22.8 Å². The Morgan fingerprint density at radius 3 is 2.55 bits per heavy atom. The fraction of sp³-hybridized carbons (Fsp3) is 0.385. The summed E-state index contributed by atoms with van der Waals surface area (Å²) in [6.07, 6.45) is 4.77. The minimum absolute atomic E-state index is 0.0614. The van der Waals surface area contributed by atoms with Gasteiger partial charge in [0.15, 0.2) is 0 Å². The summed E-state index contributed by atoms with van der Waals surface area (Å²) in [6, 6.07) is 15.9. The maximum atomic E-state index is 13.1. The van der Waals surface area contributed by atoms with E-state index in [1.54, 1.807) is 6.26 Å². The number of carbonyl (C=O) groups excluding carboxylic acids is 2. The first-order valence-electron chi connectivity index (χ1n) is 11.3. The second kappa shape index (κ2) is 8.22. The summed E-state index contributed by atoms with van der Waals surface area (Å²) < 4.78 is 5.41. The number of rotatable bonds is 6. The molecule has 1 aliphatic heterocycles. The Morgan fingerprint density at radius 2 is 1.81 bits per heavy atom. The van der Waals surface area contributed by atoms with Crippen LogP contribution < -0.4 is 0 Å². The van der Waals surface area contributed by atoms with Crippen LogP contribution in [0.2, 0.25) is 0 Å². The fourth-order valence-electron chi connectivity index (χ4n) is 4.57. The third kappa shape index (κ3) is 4.09. The average molecular weight is 417 g/mol. The molecule has 1 saturated heterocycles. The molecular formula is C26H28N2O3. The first-order valence-corrected chi connectivity index (χ1v) is 11.3. The van der Waals surface area contributed by atoms with Gasteiger partial charge in [0, 0.05) is 43.0 Å². The van der Waals surface area contributed by atoms with Crippen LogP contribution in [0.4, 0.5) is 0 Å². The Kier molecular flexibility index (Phi) is 5.26. The molecule has 2 fully saturated rings. The van der Waals surface area contributed by atoms with Gasteiger partial charge >= 0.3 is 0 Å². The minimum Gasteiger partial charge on any atom is -0.464 e. The first kappa shape index (κ1) is 19.9. The van der Waals surface area contributed by atoms with Crippen LogP contribution in [0, 0.1) is 11.8 Å². The lowest BCUT2D eigenvalue weighted by molar-refractivity contribution is -0.131. The number of nitrogens with zero attached hydrogens (tertiary/aromatic N) is 2. The molecule has 5 nitrogen and oxygen atoms in total. The van der Waals surface area contributed by atoms with Crippen molar-refractivity contribution in [2.75, 3.05) is 26.2 Å². The number of hydrogen-bond donors (Lipinski definition) is 0. The van der Waals surface area contributed by atoms with E-state index in [0.717, 1.165) is 54.4 Å². The molecule has 2 aliphatic rings. The predicted octanol–water partition coefficient (Wildman–Crippen LogP) is 4.82. The number of fused-ring (bicyclic) bond motifs is 1. The molecule has 0 radical (unpaired) electrons. The van der Waals surface area contributed by atoms with Crippen molar-refractivity contribution in [2.45, 2.75) is 26.2 Å². The van der Waals surface area contributed by atoms with Crippen molar-refractivity contribution in [1.82, 2.24) is 9.80 Å². The zero-order chi connectivity index (χ0) is 21.4. The van der Waals surface area contributed by atoms with Gasteiger partial charge in [-0.15, -0.1) is 0 Å². The van der Waals surface area contributed by atoms with E-state index in [1.165, 1.54) is 0 Å². The maximum absolute atomic E-state index is 13.1. The molecule has 1 unspecified atom stereocenters. The average Bonchev–Trinajstić information content (AvgIpc) is 3.37. The molecule has 2 amide bonds. The summed E-state index contributed by atoms with van der Waals surface area (Å²) in [5.74, 6) is 1.02. The lowest BCUT2D eigenvalue weighted by atomic mass is 10.0. The van der Waals surface area contributed by atoms with Gasteiger partial charge in [-0.05, 0) is 73.6 Å². The highest BCUT2D eigenvalue weighted by Crippen LogP contribution is 2.33. The van der Waals surface area contributed by atoms with Crippen molar-refractivity contribution < 1.29 is 14.0 Å². The summed E-state index contributed by atoms with van der Waals surface area (Å²) >= 11 is 0. The monoisotopic (exact) mass is 416 g/mol. The molecule has 2 aromatic carbocycles. The summed E-state index contributed by atoms with van der Waals surface area (Å²) in [4.78, 5) is 29.4. The lowest BCUT2D eigenvalue weighted by Crippen LogP contribution is -2.37. The van der Waals surface area contributed by atoms with E-state index >= 15 is 0 Å². The highest BCUT2D eigenvalue weighted by Gasteiger charge is 2.37. The Bertz CT molecular complexity index is 1100. The van der Waals surface area contributed by atoms with Crippen molar-refractivity contribution in [1.29, 1.82) is 0 Å². The number of hydrogen-bond acceptors (Lipinski definition) is 3. The van der Waals surface area contributed by atoms with Crippen molar-refractivity contribution in [3.63, 3.8) is 0 Å². The highest BCUT2D eigenvalue weighted by atomic mass is 16.3. The molecule has 31 heavy (non-hydrogen) atoms. The van der Waals surface area contributed by atoms with Crippen LogP contribution in [0.15, 0.2) is 59.2 Å². The summed E-state index contributed by atoms with van der Waals surface area (Å²) in [6.45, 7) is 5.03. The highest BCUT2D eigenvalue weighted by molar-refractivity contribution is 5.95. The van der Waals surface area contributed by atoms with Crippen LogP contribution in [-0.2, 0) is 4.79 Å². The predicted molar refractivity (Wildman–Crippen MR) is 121 cm³/mol. The number of furan rings is 1. The lowest BCUT2D eigenvalue weighted by Gasteiger charge is -2.25. The quantitative estimate of drug-likeness (QED) is 0.579. The molecular weight excluding hydrogens is 388 g/mol. The molecule has 0 bridgehead atoms. The van der Waals surface area contributed by atoms with Crippen LogP contribution in [-0.4, -0.2) is 47.8 Å². The van der Waals surface area contributed by atoms with Gasteiger partial charge in [-0.25, -0.2) is 0 Å². The molecule has 1 aliphatic carbocycles. The normalized spacial score (nSPS) is 18.5. The van der Waals surface area contributed by atoms with E-state index in [4.69, 9.17) is 4.42 Å². The molecule has 2 heterocycles. The Balaban J connectivity index is 1.24. The Hall–Kier alpha value is -3.08. The van der Waals surface area contributed by atoms with Gasteiger partial charge in [-0.1, -0.05) is 18.2 Å². The van der Waals surface area contributed by atoms with Crippen LogP contribution in [0.3, 0.4) is 0 Å². The van der Waals surface area contributed by atoms with Crippen molar-refractivity contribution in [2.24, 2.45) is 11.8 Å². The maximum Gasteiger partial charge on any atom is 0.253 e. The standard InChI is InChI=1S/C26H28N2O3/c1-2-27(16-18-11-13-28(17-18)26(30)21-7-8-21)25(29)20-5-3-19(4-6-20)22-9-10-24-23(15-22)12-14-31-24/h3-6,9-10,12,14-15,18,21H,2,7-8,11,13,16-17H2,1H3. The molecule has 1 aromatic heterocycles. The molecule has 0 N–H and O–H groups in total.